The molecule has 23 heavy (non-hydrogen) atoms. The Kier molecular flexibility index (Phi) is 12.7. The van der Waals surface area contributed by atoms with E-state index in [0.29, 0.717) is 19.8 Å². The number of benzene rings is 1. The Morgan fingerprint density at radius 3 is 2.22 bits per heavy atom. The number of hydrogen-bond acceptors (Lipinski definition) is 5. The number of piperazine rings is 1. The van der Waals surface area contributed by atoms with Gasteiger partial charge in [-0.2, -0.15) is 0 Å². The predicted molar refractivity (Wildman–Crippen MR) is 82.1 cm³/mol. The molecule has 7 heteroatoms. The summed E-state index contributed by atoms with van der Waals surface area (Å²) in [4.78, 5) is 4.50. The summed E-state index contributed by atoms with van der Waals surface area (Å²) in [7, 11) is 0. The van der Waals surface area contributed by atoms with Crippen LogP contribution in [0.5, 0.6) is 0 Å². The van der Waals surface area contributed by atoms with Crippen molar-refractivity contribution in [3.63, 3.8) is 0 Å². The molecular weight excluding hydrogens is 339 g/mol. The lowest BCUT2D eigenvalue weighted by molar-refractivity contribution is -0.00100. The molecule has 0 amide bonds. The third kappa shape index (κ3) is 8.86. The van der Waals surface area contributed by atoms with Crippen molar-refractivity contribution in [2.24, 2.45) is 0 Å². The average molecular weight is 365 g/mol. The molecule has 0 radical (unpaired) electrons. The highest BCUT2D eigenvalue weighted by Crippen LogP contribution is 2.04. The molecule has 5 nitrogen and oxygen atoms in total. The molecular formula is C16H26Cl2N2O3-2. The van der Waals surface area contributed by atoms with Crippen LogP contribution in [0.3, 0.4) is 0 Å². The average Bonchev–Trinajstić information content (AvgIpc) is 2.51. The molecule has 0 bridgehead atoms. The van der Waals surface area contributed by atoms with E-state index in [1.54, 1.807) is 0 Å². The maximum Gasteiger partial charge on any atom is 0.0900 e. The van der Waals surface area contributed by atoms with Crippen molar-refractivity contribution in [1.82, 2.24) is 9.80 Å². The van der Waals surface area contributed by atoms with Gasteiger partial charge in [-0.1, -0.05) is 30.3 Å². The van der Waals surface area contributed by atoms with Crippen LogP contribution in [-0.2, 0) is 11.3 Å². The van der Waals surface area contributed by atoms with Crippen LogP contribution in [0.25, 0.3) is 0 Å². The van der Waals surface area contributed by atoms with E-state index in [0.717, 1.165) is 38.3 Å². The Hall–Kier alpha value is -0.400. The monoisotopic (exact) mass is 364 g/mol. The van der Waals surface area contributed by atoms with E-state index in [1.165, 1.54) is 0 Å². The first-order chi connectivity index (χ1) is 10.3. The summed E-state index contributed by atoms with van der Waals surface area (Å²) in [5.41, 5.74) is 1.13. The zero-order valence-corrected chi connectivity index (χ0v) is 14.8. The van der Waals surface area contributed by atoms with Crippen molar-refractivity contribution < 1.29 is 39.8 Å². The van der Waals surface area contributed by atoms with Gasteiger partial charge in [-0.25, -0.2) is 0 Å². The van der Waals surface area contributed by atoms with Crippen molar-refractivity contribution in [2.45, 2.75) is 12.7 Å². The highest BCUT2D eigenvalue weighted by molar-refractivity contribution is 5.13. The normalized spacial score (nSPS) is 17.1. The molecule has 0 saturated carbocycles. The smallest absolute Gasteiger partial charge is 0.0900 e. The molecule has 1 aromatic rings. The molecule has 2 rings (SSSR count). The lowest BCUT2D eigenvalue weighted by atomic mass is 10.2. The first kappa shape index (κ1) is 22.6. The quantitative estimate of drug-likeness (QED) is 0.481. The van der Waals surface area contributed by atoms with Crippen molar-refractivity contribution in [1.29, 1.82) is 0 Å². The largest absolute Gasteiger partial charge is 1.00 e. The first-order valence-corrected chi connectivity index (χ1v) is 7.63. The summed E-state index contributed by atoms with van der Waals surface area (Å²) < 4.78 is 5.56. The maximum absolute atomic E-state index is 10.0. The Bertz CT molecular complexity index is 390. The van der Waals surface area contributed by atoms with Crippen LogP contribution in [0.1, 0.15) is 5.56 Å². The molecule has 1 aliphatic rings. The molecule has 1 saturated heterocycles. The molecule has 134 valence electrons. The van der Waals surface area contributed by atoms with Crippen LogP contribution in [0, 0.1) is 0 Å². The van der Waals surface area contributed by atoms with E-state index in [9.17, 15) is 5.11 Å². The highest BCUT2D eigenvalue weighted by atomic mass is 35.5. The lowest BCUT2D eigenvalue weighted by Gasteiger charge is -2.35. The van der Waals surface area contributed by atoms with Gasteiger partial charge in [0.15, 0.2) is 0 Å². The number of aliphatic hydroxyl groups excluding tert-OH is 2. The second kappa shape index (κ2) is 13.0. The molecule has 2 N–H and O–H groups in total. The van der Waals surface area contributed by atoms with Gasteiger partial charge < -0.3 is 39.8 Å². The van der Waals surface area contributed by atoms with E-state index in [-0.39, 0.29) is 31.4 Å². The first-order valence-electron chi connectivity index (χ1n) is 7.63. The van der Waals surface area contributed by atoms with E-state index in [1.807, 2.05) is 30.3 Å². The van der Waals surface area contributed by atoms with Crippen LogP contribution >= 0.6 is 0 Å². The maximum atomic E-state index is 10.0. The van der Waals surface area contributed by atoms with Crippen molar-refractivity contribution >= 4 is 0 Å². The molecule has 1 fully saturated rings. The van der Waals surface area contributed by atoms with Gasteiger partial charge in [-0.05, 0) is 5.56 Å². The molecule has 0 aliphatic carbocycles. The molecule has 1 atom stereocenters. The lowest BCUT2D eigenvalue weighted by Crippen LogP contribution is -3.00. The minimum absolute atomic E-state index is 0. The molecule has 1 aromatic carbocycles. The number of nitrogens with zero attached hydrogens (tertiary/aromatic N) is 2. The zero-order chi connectivity index (χ0) is 14.9. The third-order valence-corrected chi connectivity index (χ3v) is 3.77. The summed E-state index contributed by atoms with van der Waals surface area (Å²) in [5, 5.41) is 18.9. The van der Waals surface area contributed by atoms with E-state index in [4.69, 9.17) is 9.84 Å². The Balaban J connectivity index is 0.00000242. The second-order valence-electron chi connectivity index (χ2n) is 5.52. The number of rotatable bonds is 8. The van der Waals surface area contributed by atoms with Gasteiger partial charge >= 0.3 is 0 Å². The molecule has 0 spiro atoms. The van der Waals surface area contributed by atoms with E-state index < -0.39 is 6.10 Å². The fourth-order valence-corrected chi connectivity index (χ4v) is 2.57. The molecule has 1 unspecified atom stereocenters. The van der Waals surface area contributed by atoms with Crippen LogP contribution in [-0.4, -0.2) is 78.6 Å². The third-order valence-electron chi connectivity index (χ3n) is 3.77. The molecule has 0 aromatic heterocycles. The second-order valence-corrected chi connectivity index (χ2v) is 5.52. The zero-order valence-electron chi connectivity index (χ0n) is 13.3. The van der Waals surface area contributed by atoms with Crippen molar-refractivity contribution in [3.05, 3.63) is 35.9 Å². The van der Waals surface area contributed by atoms with Gasteiger partial charge in [-0.15, -0.1) is 0 Å². The summed E-state index contributed by atoms with van der Waals surface area (Å²) in [5.74, 6) is 0. The van der Waals surface area contributed by atoms with Gasteiger partial charge in [0.05, 0.1) is 25.9 Å². The van der Waals surface area contributed by atoms with Crippen LogP contribution < -0.4 is 24.8 Å². The van der Waals surface area contributed by atoms with Crippen molar-refractivity contribution in [2.75, 3.05) is 52.5 Å². The Labute approximate surface area is 151 Å². The number of aliphatic hydroxyl groups is 2. The van der Waals surface area contributed by atoms with Gasteiger partial charge in [0.1, 0.15) is 0 Å². The van der Waals surface area contributed by atoms with Crippen LogP contribution in [0.2, 0.25) is 0 Å². The van der Waals surface area contributed by atoms with Gasteiger partial charge in [0.2, 0.25) is 0 Å². The molecule has 1 aliphatic heterocycles. The Morgan fingerprint density at radius 1 is 1.00 bits per heavy atom. The van der Waals surface area contributed by atoms with E-state index >= 15 is 0 Å². The minimum Gasteiger partial charge on any atom is -1.00 e. The summed E-state index contributed by atoms with van der Waals surface area (Å²) in [6, 6.07) is 10.00. The van der Waals surface area contributed by atoms with Gasteiger partial charge in [-0.3, -0.25) is 9.80 Å². The SMILES string of the molecule is OCCN1CCN(CC(O)COCc2ccccc2)CC1.[Cl-].[Cl-]. The summed E-state index contributed by atoms with van der Waals surface area (Å²) >= 11 is 0. The number of hydrogen-bond donors (Lipinski definition) is 2. The number of halogens is 2. The Morgan fingerprint density at radius 2 is 1.61 bits per heavy atom. The number of β-amino-alcohol motifs (C(OH)–C–C–N with tert-alkyl or cyclic N) is 2. The summed E-state index contributed by atoms with van der Waals surface area (Å²) in [6.07, 6.45) is -0.446. The van der Waals surface area contributed by atoms with Gasteiger partial charge in [0, 0.05) is 39.3 Å². The topological polar surface area (TPSA) is 56.2 Å². The fourth-order valence-electron chi connectivity index (χ4n) is 2.57. The van der Waals surface area contributed by atoms with Crippen LogP contribution in [0.15, 0.2) is 30.3 Å². The standard InChI is InChI=1S/C16H26N2O3.2ClH/c19-11-10-17-6-8-18(9-7-17)12-16(20)14-21-13-15-4-2-1-3-5-15;;/h1-5,16,19-20H,6-14H2;2*1H/p-2. The van der Waals surface area contributed by atoms with E-state index in [2.05, 4.69) is 9.80 Å². The fraction of sp³-hybridized carbons (Fsp3) is 0.625. The highest BCUT2D eigenvalue weighted by Gasteiger charge is 2.18. The minimum atomic E-state index is -0.446. The van der Waals surface area contributed by atoms with Gasteiger partial charge in [0.25, 0.3) is 0 Å². The van der Waals surface area contributed by atoms with Crippen molar-refractivity contribution in [3.8, 4) is 0 Å². The molecule has 1 heterocycles. The van der Waals surface area contributed by atoms with Crippen LogP contribution in [0.4, 0.5) is 0 Å². The number of ether oxygens (including phenoxy) is 1. The summed E-state index contributed by atoms with van der Waals surface area (Å²) in [6.45, 7) is 6.32. The predicted octanol–water partition coefficient (Wildman–Crippen LogP) is -5.82.